The van der Waals surface area contributed by atoms with Crippen molar-refractivity contribution in [3.05, 3.63) is 12.8 Å². The fraction of sp³-hybridized carbons (Fsp3) is 0.667. The molecule has 1 saturated carbocycles. The minimum Gasteiger partial charge on any atom is -0.446 e. The van der Waals surface area contributed by atoms with E-state index < -0.39 is 0 Å². The summed E-state index contributed by atoms with van der Waals surface area (Å²) in [4.78, 5) is 10.9. The van der Waals surface area contributed by atoms with E-state index in [4.69, 9.17) is 4.74 Å². The van der Waals surface area contributed by atoms with Gasteiger partial charge in [-0.15, -0.1) is 0 Å². The van der Waals surface area contributed by atoms with Crippen LogP contribution in [0.4, 0.5) is 4.79 Å². The van der Waals surface area contributed by atoms with E-state index in [2.05, 4.69) is 11.9 Å². The van der Waals surface area contributed by atoms with Crippen LogP contribution in [0.15, 0.2) is 12.8 Å². The highest BCUT2D eigenvalue weighted by Gasteiger charge is 2.16. The summed E-state index contributed by atoms with van der Waals surface area (Å²) in [6.07, 6.45) is 6.71. The van der Waals surface area contributed by atoms with E-state index in [0.29, 0.717) is 0 Å². The van der Waals surface area contributed by atoms with Crippen LogP contribution in [0, 0.1) is 0 Å². The quantitative estimate of drug-likeness (QED) is 0.688. The second-order valence-electron chi connectivity index (χ2n) is 3.01. The summed E-state index contributed by atoms with van der Waals surface area (Å²) in [6.45, 7) is 3.38. The summed E-state index contributed by atoms with van der Waals surface area (Å²) < 4.78 is 5.11. The predicted molar refractivity (Wildman–Crippen MR) is 46.7 cm³/mol. The van der Waals surface area contributed by atoms with Gasteiger partial charge in [-0.05, 0) is 31.9 Å². The van der Waals surface area contributed by atoms with Crippen molar-refractivity contribution < 1.29 is 9.53 Å². The fourth-order valence-corrected chi connectivity index (χ4v) is 1.45. The van der Waals surface area contributed by atoms with Gasteiger partial charge < -0.3 is 4.74 Å². The first-order valence-electron chi connectivity index (χ1n) is 4.41. The molecule has 0 aliphatic heterocycles. The Morgan fingerprint density at radius 1 is 1.42 bits per heavy atom. The average molecular weight is 169 g/mol. The maximum Gasteiger partial charge on any atom is 0.411 e. The molecule has 0 atom stereocenters. The number of carbonyl (C=O) groups excluding carboxylic acids is 1. The first kappa shape index (κ1) is 9.10. The average Bonchev–Trinajstić information content (AvgIpc) is 2.06. The number of alkyl carbamates (subject to hydrolysis) is 1. The monoisotopic (exact) mass is 169 g/mol. The Balaban J connectivity index is 2.19. The van der Waals surface area contributed by atoms with Gasteiger partial charge in [-0.25, -0.2) is 4.79 Å². The van der Waals surface area contributed by atoms with Crippen molar-refractivity contribution in [1.82, 2.24) is 5.32 Å². The molecule has 12 heavy (non-hydrogen) atoms. The predicted octanol–water partition coefficient (Wildman–Crippen LogP) is 2.19. The van der Waals surface area contributed by atoms with Crippen LogP contribution >= 0.6 is 0 Å². The minimum atomic E-state index is -0.378. The van der Waals surface area contributed by atoms with E-state index in [1.165, 1.54) is 25.5 Å². The summed E-state index contributed by atoms with van der Waals surface area (Å²) in [7, 11) is 0. The summed E-state index contributed by atoms with van der Waals surface area (Å²) in [5.74, 6) is 0. The van der Waals surface area contributed by atoms with Crippen molar-refractivity contribution in [2.75, 3.05) is 0 Å². The molecule has 0 spiro atoms. The summed E-state index contributed by atoms with van der Waals surface area (Å²) >= 11 is 0. The maximum atomic E-state index is 10.9. The lowest BCUT2D eigenvalue weighted by molar-refractivity contribution is 0.0780. The molecule has 3 nitrogen and oxygen atoms in total. The normalized spacial score (nSPS) is 18.3. The Labute approximate surface area is 72.8 Å². The number of nitrogens with one attached hydrogen (secondary N) is 1. The van der Waals surface area contributed by atoms with Crippen molar-refractivity contribution in [3.63, 3.8) is 0 Å². The largest absolute Gasteiger partial charge is 0.446 e. The summed E-state index contributed by atoms with van der Waals surface area (Å²) in [5, 5.41) is 2.40. The summed E-state index contributed by atoms with van der Waals surface area (Å²) in [6, 6.07) is 0. The number of hydrogen-bond acceptors (Lipinski definition) is 2. The highest BCUT2D eigenvalue weighted by Crippen LogP contribution is 2.20. The lowest BCUT2D eigenvalue weighted by Crippen LogP contribution is -2.26. The van der Waals surface area contributed by atoms with Gasteiger partial charge >= 0.3 is 6.09 Å². The van der Waals surface area contributed by atoms with Crippen molar-refractivity contribution >= 4 is 6.09 Å². The molecule has 1 aliphatic rings. The number of carbonyl (C=O) groups is 1. The first-order chi connectivity index (χ1) is 5.83. The van der Waals surface area contributed by atoms with Crippen molar-refractivity contribution in [3.8, 4) is 0 Å². The molecule has 1 rings (SSSR count). The van der Waals surface area contributed by atoms with Gasteiger partial charge in [-0.3, -0.25) is 5.32 Å². The zero-order valence-corrected chi connectivity index (χ0v) is 7.21. The highest BCUT2D eigenvalue weighted by atomic mass is 16.6. The zero-order chi connectivity index (χ0) is 8.81. The SMILES string of the molecule is C=CNC(=O)OC1CCCCC1. The third kappa shape index (κ3) is 2.95. The Morgan fingerprint density at radius 2 is 2.08 bits per heavy atom. The van der Waals surface area contributed by atoms with Crippen LogP contribution in [0.3, 0.4) is 0 Å². The van der Waals surface area contributed by atoms with E-state index in [-0.39, 0.29) is 12.2 Å². The lowest BCUT2D eigenvalue weighted by atomic mass is 9.98. The van der Waals surface area contributed by atoms with Gasteiger partial charge in [-0.1, -0.05) is 13.0 Å². The van der Waals surface area contributed by atoms with Crippen LogP contribution in [-0.2, 0) is 4.74 Å². The van der Waals surface area contributed by atoms with Gasteiger partial charge in [0.05, 0.1) is 0 Å². The molecule has 1 fully saturated rings. The van der Waals surface area contributed by atoms with Gasteiger partial charge in [0.2, 0.25) is 0 Å². The molecule has 0 unspecified atom stereocenters. The Kier molecular flexibility index (Phi) is 3.64. The van der Waals surface area contributed by atoms with Gasteiger partial charge in [0.25, 0.3) is 0 Å². The Morgan fingerprint density at radius 3 is 2.67 bits per heavy atom. The highest BCUT2D eigenvalue weighted by molar-refractivity contribution is 5.68. The van der Waals surface area contributed by atoms with Crippen LogP contribution < -0.4 is 5.32 Å². The van der Waals surface area contributed by atoms with Gasteiger partial charge in [0.1, 0.15) is 6.10 Å². The van der Waals surface area contributed by atoms with E-state index in [0.717, 1.165) is 12.8 Å². The molecule has 0 aromatic rings. The van der Waals surface area contributed by atoms with Gasteiger partial charge in [0, 0.05) is 0 Å². The van der Waals surface area contributed by atoms with Crippen LogP contribution in [0.5, 0.6) is 0 Å². The number of hydrogen-bond donors (Lipinski definition) is 1. The third-order valence-electron chi connectivity index (χ3n) is 2.05. The lowest BCUT2D eigenvalue weighted by Gasteiger charge is -2.21. The van der Waals surface area contributed by atoms with Gasteiger partial charge in [-0.2, -0.15) is 0 Å². The van der Waals surface area contributed by atoms with Crippen LogP contribution in [0.1, 0.15) is 32.1 Å². The molecule has 0 heterocycles. The van der Waals surface area contributed by atoms with Crippen LogP contribution in [-0.4, -0.2) is 12.2 Å². The van der Waals surface area contributed by atoms with Gasteiger partial charge in [0.15, 0.2) is 0 Å². The van der Waals surface area contributed by atoms with Crippen molar-refractivity contribution in [2.45, 2.75) is 38.2 Å². The molecule has 1 aliphatic carbocycles. The molecular formula is C9H15NO2. The Hall–Kier alpha value is -0.990. The third-order valence-corrected chi connectivity index (χ3v) is 2.05. The molecule has 0 aromatic heterocycles. The fourth-order valence-electron chi connectivity index (χ4n) is 1.45. The molecule has 0 radical (unpaired) electrons. The molecule has 1 N–H and O–H groups in total. The molecular weight excluding hydrogens is 154 g/mol. The first-order valence-corrected chi connectivity index (χ1v) is 4.41. The molecule has 0 bridgehead atoms. The standard InChI is InChI=1S/C9H15NO2/c1-2-10-9(11)12-8-6-4-3-5-7-8/h2,8H,1,3-7H2,(H,10,11). The smallest absolute Gasteiger partial charge is 0.411 e. The van der Waals surface area contributed by atoms with E-state index in [1.807, 2.05) is 0 Å². The van der Waals surface area contributed by atoms with Crippen LogP contribution in [0.2, 0.25) is 0 Å². The summed E-state index contributed by atoms with van der Waals surface area (Å²) in [5.41, 5.74) is 0. The molecule has 3 heteroatoms. The topological polar surface area (TPSA) is 38.3 Å². The number of ether oxygens (including phenoxy) is 1. The second kappa shape index (κ2) is 4.80. The molecule has 1 amide bonds. The molecule has 0 saturated heterocycles. The minimum absolute atomic E-state index is 0.124. The van der Waals surface area contributed by atoms with E-state index in [9.17, 15) is 4.79 Å². The molecule has 0 aromatic carbocycles. The van der Waals surface area contributed by atoms with Crippen molar-refractivity contribution in [2.24, 2.45) is 0 Å². The van der Waals surface area contributed by atoms with Crippen molar-refractivity contribution in [1.29, 1.82) is 0 Å². The second-order valence-corrected chi connectivity index (χ2v) is 3.01. The Bertz CT molecular complexity index is 162. The zero-order valence-electron chi connectivity index (χ0n) is 7.21. The van der Waals surface area contributed by atoms with E-state index >= 15 is 0 Å². The van der Waals surface area contributed by atoms with Crippen LogP contribution in [0.25, 0.3) is 0 Å². The number of amides is 1. The number of rotatable bonds is 2. The molecule has 68 valence electrons. The maximum absolute atomic E-state index is 10.9. The van der Waals surface area contributed by atoms with E-state index in [1.54, 1.807) is 0 Å².